The lowest BCUT2D eigenvalue weighted by molar-refractivity contribution is 0.110. The lowest BCUT2D eigenvalue weighted by Gasteiger charge is -2.28. The first-order chi connectivity index (χ1) is 8.74. The summed E-state index contributed by atoms with van der Waals surface area (Å²) in [6.45, 7) is 5.77. The number of piperidine rings is 1. The fourth-order valence-electron chi connectivity index (χ4n) is 2.41. The Balaban J connectivity index is 1.70. The van der Waals surface area contributed by atoms with E-state index in [-0.39, 0.29) is 6.10 Å². The fourth-order valence-corrected chi connectivity index (χ4v) is 2.41. The van der Waals surface area contributed by atoms with E-state index in [9.17, 15) is 5.11 Å². The predicted molar refractivity (Wildman–Crippen MR) is 76.0 cm³/mol. The van der Waals surface area contributed by atoms with Crippen molar-refractivity contribution >= 4 is 5.69 Å². The maximum atomic E-state index is 10.0. The second kappa shape index (κ2) is 6.76. The molecular weight excluding hydrogens is 224 g/mol. The molecule has 0 radical (unpaired) electrons. The second-order valence-electron chi connectivity index (χ2n) is 5.26. The van der Waals surface area contributed by atoms with Crippen LogP contribution in [0.2, 0.25) is 0 Å². The molecule has 1 saturated heterocycles. The van der Waals surface area contributed by atoms with Crippen LogP contribution in [0.3, 0.4) is 0 Å². The molecule has 2 rings (SSSR count). The van der Waals surface area contributed by atoms with Gasteiger partial charge in [-0.25, -0.2) is 0 Å². The average molecular weight is 248 g/mol. The molecule has 0 unspecified atom stereocenters. The van der Waals surface area contributed by atoms with Gasteiger partial charge in [0.05, 0.1) is 6.10 Å². The van der Waals surface area contributed by atoms with Crippen molar-refractivity contribution in [3.05, 3.63) is 29.8 Å². The van der Waals surface area contributed by atoms with Gasteiger partial charge in [-0.05, 0) is 45.0 Å². The lowest BCUT2D eigenvalue weighted by atomic mass is 10.1. The Morgan fingerprint density at radius 1 is 1.17 bits per heavy atom. The van der Waals surface area contributed by atoms with E-state index in [4.69, 9.17) is 0 Å². The number of hydrogen-bond donors (Lipinski definition) is 2. The summed E-state index contributed by atoms with van der Waals surface area (Å²) in [6, 6.07) is 8.28. The Hall–Kier alpha value is -1.06. The first kappa shape index (κ1) is 13.4. The standard InChI is InChI=1S/C15H24N2O/c1-13-5-7-14(8-6-13)16-11-15(18)12-17-9-3-2-4-10-17/h5-8,15-16,18H,2-4,9-12H2,1H3/t15-/m1/s1. The quantitative estimate of drug-likeness (QED) is 0.839. The summed E-state index contributed by atoms with van der Waals surface area (Å²) in [5.41, 5.74) is 2.34. The second-order valence-corrected chi connectivity index (χ2v) is 5.26. The van der Waals surface area contributed by atoms with E-state index in [1.807, 2.05) is 0 Å². The maximum absolute atomic E-state index is 10.0. The Bertz CT molecular complexity index is 344. The highest BCUT2D eigenvalue weighted by atomic mass is 16.3. The zero-order chi connectivity index (χ0) is 12.8. The summed E-state index contributed by atoms with van der Waals surface area (Å²) in [4.78, 5) is 2.37. The Labute approximate surface area is 110 Å². The van der Waals surface area contributed by atoms with Gasteiger partial charge >= 0.3 is 0 Å². The molecule has 0 aromatic heterocycles. The van der Waals surface area contributed by atoms with Crippen LogP contribution in [0.1, 0.15) is 24.8 Å². The van der Waals surface area contributed by atoms with Crippen LogP contribution in [0, 0.1) is 6.92 Å². The summed E-state index contributed by atoms with van der Waals surface area (Å²) >= 11 is 0. The van der Waals surface area contributed by atoms with Crippen molar-refractivity contribution in [2.24, 2.45) is 0 Å². The van der Waals surface area contributed by atoms with Gasteiger partial charge in [0.1, 0.15) is 0 Å². The van der Waals surface area contributed by atoms with Crippen LogP contribution in [-0.4, -0.2) is 42.3 Å². The maximum Gasteiger partial charge on any atom is 0.0839 e. The summed E-state index contributed by atoms with van der Waals surface area (Å²) in [5, 5.41) is 13.3. The molecule has 3 heteroatoms. The number of likely N-dealkylation sites (tertiary alicyclic amines) is 1. The molecule has 100 valence electrons. The van der Waals surface area contributed by atoms with Crippen molar-refractivity contribution < 1.29 is 5.11 Å². The van der Waals surface area contributed by atoms with E-state index in [1.54, 1.807) is 0 Å². The van der Waals surface area contributed by atoms with Crippen molar-refractivity contribution in [3.63, 3.8) is 0 Å². The van der Waals surface area contributed by atoms with Crippen LogP contribution in [-0.2, 0) is 0 Å². The summed E-state index contributed by atoms with van der Waals surface area (Å²) in [6.07, 6.45) is 3.61. The van der Waals surface area contributed by atoms with E-state index in [0.29, 0.717) is 6.54 Å². The number of aliphatic hydroxyl groups excluding tert-OH is 1. The molecule has 2 N–H and O–H groups in total. The molecule has 3 nitrogen and oxygen atoms in total. The number of benzene rings is 1. The van der Waals surface area contributed by atoms with Crippen molar-refractivity contribution in [3.8, 4) is 0 Å². The number of rotatable bonds is 5. The molecule has 0 aliphatic carbocycles. The molecule has 1 atom stereocenters. The van der Waals surface area contributed by atoms with Gasteiger partial charge in [-0.1, -0.05) is 24.1 Å². The van der Waals surface area contributed by atoms with Gasteiger partial charge in [-0.2, -0.15) is 0 Å². The molecule has 18 heavy (non-hydrogen) atoms. The van der Waals surface area contributed by atoms with Crippen LogP contribution in [0.4, 0.5) is 5.69 Å². The molecule has 0 amide bonds. The molecular formula is C15H24N2O. The molecule has 1 fully saturated rings. The van der Waals surface area contributed by atoms with Gasteiger partial charge in [0.15, 0.2) is 0 Å². The molecule has 0 spiro atoms. The monoisotopic (exact) mass is 248 g/mol. The Morgan fingerprint density at radius 3 is 2.50 bits per heavy atom. The topological polar surface area (TPSA) is 35.5 Å². The minimum absolute atomic E-state index is 0.288. The van der Waals surface area contributed by atoms with Crippen LogP contribution < -0.4 is 5.32 Å². The zero-order valence-corrected chi connectivity index (χ0v) is 11.2. The van der Waals surface area contributed by atoms with Crippen molar-refractivity contribution in [1.29, 1.82) is 0 Å². The minimum Gasteiger partial charge on any atom is -0.390 e. The molecule has 1 heterocycles. The van der Waals surface area contributed by atoms with E-state index in [2.05, 4.69) is 41.4 Å². The van der Waals surface area contributed by atoms with Gasteiger partial charge in [0.2, 0.25) is 0 Å². The molecule has 1 aromatic carbocycles. The number of aryl methyl sites for hydroxylation is 1. The number of aliphatic hydroxyl groups is 1. The molecule has 0 saturated carbocycles. The van der Waals surface area contributed by atoms with Gasteiger partial charge in [0, 0.05) is 18.8 Å². The number of hydrogen-bond acceptors (Lipinski definition) is 3. The molecule has 1 aliphatic heterocycles. The summed E-state index contributed by atoms with van der Waals surface area (Å²) in [7, 11) is 0. The summed E-state index contributed by atoms with van der Waals surface area (Å²) < 4.78 is 0. The third kappa shape index (κ3) is 4.31. The van der Waals surface area contributed by atoms with Gasteiger partial charge in [-0.3, -0.25) is 0 Å². The van der Waals surface area contributed by atoms with E-state index < -0.39 is 0 Å². The molecule has 0 bridgehead atoms. The number of anilines is 1. The normalized spacial score (nSPS) is 18.6. The number of β-amino-alcohol motifs (C(OH)–C–C–N with tert-alkyl or cyclic N) is 1. The fraction of sp³-hybridized carbons (Fsp3) is 0.600. The van der Waals surface area contributed by atoms with E-state index in [0.717, 1.165) is 25.3 Å². The van der Waals surface area contributed by atoms with Gasteiger partial charge in [-0.15, -0.1) is 0 Å². The van der Waals surface area contributed by atoms with Crippen molar-refractivity contribution in [2.75, 3.05) is 31.5 Å². The van der Waals surface area contributed by atoms with Crippen molar-refractivity contribution in [2.45, 2.75) is 32.3 Å². The van der Waals surface area contributed by atoms with Gasteiger partial charge < -0.3 is 15.3 Å². The van der Waals surface area contributed by atoms with Crippen molar-refractivity contribution in [1.82, 2.24) is 4.90 Å². The van der Waals surface area contributed by atoms with E-state index in [1.165, 1.54) is 24.8 Å². The highest BCUT2D eigenvalue weighted by Crippen LogP contribution is 2.10. The van der Waals surface area contributed by atoms with Crippen LogP contribution in [0.15, 0.2) is 24.3 Å². The lowest BCUT2D eigenvalue weighted by Crippen LogP contribution is -2.39. The third-order valence-corrected chi connectivity index (χ3v) is 3.51. The highest BCUT2D eigenvalue weighted by molar-refractivity contribution is 5.44. The first-order valence-corrected chi connectivity index (χ1v) is 6.95. The number of nitrogens with one attached hydrogen (secondary N) is 1. The average Bonchev–Trinajstić information content (AvgIpc) is 2.39. The number of nitrogens with zero attached hydrogens (tertiary/aromatic N) is 1. The molecule has 1 aromatic rings. The first-order valence-electron chi connectivity index (χ1n) is 6.95. The Kier molecular flexibility index (Phi) is 5.02. The van der Waals surface area contributed by atoms with Crippen LogP contribution in [0.25, 0.3) is 0 Å². The van der Waals surface area contributed by atoms with Crippen LogP contribution >= 0.6 is 0 Å². The van der Waals surface area contributed by atoms with E-state index >= 15 is 0 Å². The minimum atomic E-state index is -0.288. The zero-order valence-electron chi connectivity index (χ0n) is 11.2. The largest absolute Gasteiger partial charge is 0.390 e. The third-order valence-electron chi connectivity index (χ3n) is 3.51. The van der Waals surface area contributed by atoms with Gasteiger partial charge in [0.25, 0.3) is 0 Å². The molecule has 1 aliphatic rings. The highest BCUT2D eigenvalue weighted by Gasteiger charge is 2.14. The predicted octanol–water partition coefficient (Wildman–Crippen LogP) is 2.25. The summed E-state index contributed by atoms with van der Waals surface area (Å²) in [5.74, 6) is 0. The SMILES string of the molecule is Cc1ccc(NC[C@@H](O)CN2CCCCC2)cc1. The Morgan fingerprint density at radius 2 is 1.83 bits per heavy atom. The van der Waals surface area contributed by atoms with Crippen LogP contribution in [0.5, 0.6) is 0 Å². The smallest absolute Gasteiger partial charge is 0.0839 e.